The van der Waals surface area contributed by atoms with E-state index in [1.807, 2.05) is 30.3 Å². The van der Waals surface area contributed by atoms with Gasteiger partial charge in [0.25, 0.3) is 11.8 Å². The molecule has 6 nitrogen and oxygen atoms in total. The number of barbiturate groups is 1. The predicted molar refractivity (Wildman–Crippen MR) is 135 cm³/mol. The fraction of sp³-hybridized carbons (Fsp3) is 0.222. The average molecular weight is 509 g/mol. The standard InChI is InChI=1S/C27H22Cl2N2O4/c28-18-11-9-17(23(29)13-18)15-35-24-12-10-16-5-1-4-8-20(16)21(24)14-22-25(32)30-27(34)31(26(22)33)19-6-2-3-7-19/h1,4-5,8-14,19H,2-3,6-7,15H2,(H,30,32,34)/b22-14+. The molecule has 1 aliphatic carbocycles. The van der Waals surface area contributed by atoms with Gasteiger partial charge in [0.15, 0.2) is 0 Å². The van der Waals surface area contributed by atoms with E-state index in [0.717, 1.165) is 42.0 Å². The Morgan fingerprint density at radius 3 is 2.54 bits per heavy atom. The zero-order valence-electron chi connectivity index (χ0n) is 18.7. The maximum absolute atomic E-state index is 13.3. The molecule has 178 valence electrons. The summed E-state index contributed by atoms with van der Waals surface area (Å²) in [7, 11) is 0. The summed E-state index contributed by atoms with van der Waals surface area (Å²) in [5, 5.41) is 5.07. The molecule has 2 aliphatic rings. The molecular weight excluding hydrogens is 487 g/mol. The summed E-state index contributed by atoms with van der Waals surface area (Å²) in [6.07, 6.45) is 4.90. The molecular formula is C27H22Cl2N2O4. The summed E-state index contributed by atoms with van der Waals surface area (Å²) >= 11 is 12.3. The maximum Gasteiger partial charge on any atom is 0.331 e. The van der Waals surface area contributed by atoms with Crippen molar-refractivity contribution in [3.8, 4) is 5.75 Å². The Morgan fingerprint density at radius 1 is 1.00 bits per heavy atom. The minimum Gasteiger partial charge on any atom is -0.488 e. The van der Waals surface area contributed by atoms with E-state index in [4.69, 9.17) is 27.9 Å². The Kier molecular flexibility index (Phi) is 6.50. The molecule has 5 rings (SSSR count). The number of halogens is 2. The van der Waals surface area contributed by atoms with Crippen LogP contribution in [0.5, 0.6) is 5.75 Å². The van der Waals surface area contributed by atoms with Gasteiger partial charge in [-0.15, -0.1) is 0 Å². The molecule has 1 saturated heterocycles. The van der Waals surface area contributed by atoms with Crippen LogP contribution in [0.1, 0.15) is 36.8 Å². The van der Waals surface area contributed by atoms with Crippen molar-refractivity contribution in [2.75, 3.05) is 0 Å². The molecule has 2 fully saturated rings. The highest BCUT2D eigenvalue weighted by Crippen LogP contribution is 2.33. The van der Waals surface area contributed by atoms with E-state index in [1.165, 1.54) is 11.0 Å². The number of nitrogens with zero attached hydrogens (tertiary/aromatic N) is 1. The monoisotopic (exact) mass is 508 g/mol. The molecule has 0 unspecified atom stereocenters. The van der Waals surface area contributed by atoms with Gasteiger partial charge < -0.3 is 4.74 Å². The SMILES string of the molecule is O=C1NC(=O)N(C2CCCC2)C(=O)/C1=C/c1c(OCc2ccc(Cl)cc2Cl)ccc2ccccc12. The number of ether oxygens (including phenoxy) is 1. The van der Waals surface area contributed by atoms with Gasteiger partial charge in [-0.3, -0.25) is 19.8 Å². The van der Waals surface area contributed by atoms with Crippen LogP contribution in [0.2, 0.25) is 10.0 Å². The predicted octanol–water partition coefficient (Wildman–Crippen LogP) is 6.13. The van der Waals surface area contributed by atoms with E-state index >= 15 is 0 Å². The lowest BCUT2D eigenvalue weighted by Gasteiger charge is -2.31. The van der Waals surface area contributed by atoms with Crippen LogP contribution in [-0.4, -0.2) is 28.8 Å². The zero-order valence-corrected chi connectivity index (χ0v) is 20.2. The van der Waals surface area contributed by atoms with Crippen molar-refractivity contribution >= 4 is 57.9 Å². The molecule has 1 saturated carbocycles. The molecule has 0 bridgehead atoms. The van der Waals surface area contributed by atoms with E-state index in [2.05, 4.69) is 5.32 Å². The molecule has 0 aromatic heterocycles. The molecule has 35 heavy (non-hydrogen) atoms. The third-order valence-corrected chi connectivity index (χ3v) is 7.03. The van der Waals surface area contributed by atoms with Crippen LogP contribution in [0.25, 0.3) is 16.8 Å². The van der Waals surface area contributed by atoms with Gasteiger partial charge in [-0.2, -0.15) is 0 Å². The number of carbonyl (C=O) groups is 3. The number of nitrogens with one attached hydrogen (secondary N) is 1. The first-order chi connectivity index (χ1) is 16.9. The second-order valence-electron chi connectivity index (χ2n) is 8.65. The number of hydrogen-bond donors (Lipinski definition) is 1. The van der Waals surface area contributed by atoms with Gasteiger partial charge in [-0.05, 0) is 47.9 Å². The van der Waals surface area contributed by atoms with Crippen molar-refractivity contribution < 1.29 is 19.1 Å². The highest BCUT2D eigenvalue weighted by Gasteiger charge is 2.40. The lowest BCUT2D eigenvalue weighted by atomic mass is 9.99. The number of benzene rings is 3. The summed E-state index contributed by atoms with van der Waals surface area (Å²) in [6, 6.07) is 15.6. The number of imide groups is 2. The smallest absolute Gasteiger partial charge is 0.331 e. The van der Waals surface area contributed by atoms with Crippen molar-refractivity contribution in [1.29, 1.82) is 0 Å². The van der Waals surface area contributed by atoms with Crippen molar-refractivity contribution in [2.45, 2.75) is 38.3 Å². The molecule has 8 heteroatoms. The van der Waals surface area contributed by atoms with E-state index in [1.54, 1.807) is 24.3 Å². The van der Waals surface area contributed by atoms with Gasteiger partial charge >= 0.3 is 6.03 Å². The Labute approximate surface area is 212 Å². The number of amides is 4. The Morgan fingerprint density at radius 2 is 1.77 bits per heavy atom. The van der Waals surface area contributed by atoms with Crippen molar-refractivity contribution in [2.24, 2.45) is 0 Å². The normalized spacial score (nSPS) is 17.9. The molecule has 0 spiro atoms. The highest BCUT2D eigenvalue weighted by atomic mass is 35.5. The van der Waals surface area contributed by atoms with Crippen LogP contribution < -0.4 is 10.1 Å². The maximum atomic E-state index is 13.3. The number of carbonyl (C=O) groups excluding carboxylic acids is 3. The van der Waals surface area contributed by atoms with Crippen LogP contribution in [0.4, 0.5) is 4.79 Å². The first-order valence-corrected chi connectivity index (χ1v) is 12.2. The quantitative estimate of drug-likeness (QED) is 0.332. The number of hydrogen-bond acceptors (Lipinski definition) is 4. The summed E-state index contributed by atoms with van der Waals surface area (Å²) < 4.78 is 6.12. The summed E-state index contributed by atoms with van der Waals surface area (Å²) in [4.78, 5) is 39.8. The van der Waals surface area contributed by atoms with Crippen LogP contribution in [0.15, 0.2) is 60.2 Å². The third-order valence-electron chi connectivity index (χ3n) is 6.44. The zero-order chi connectivity index (χ0) is 24.5. The fourth-order valence-corrected chi connectivity index (χ4v) is 5.12. The Balaban J connectivity index is 1.55. The van der Waals surface area contributed by atoms with E-state index < -0.39 is 17.8 Å². The van der Waals surface area contributed by atoms with Crippen molar-refractivity contribution in [3.05, 3.63) is 81.3 Å². The number of urea groups is 1. The van der Waals surface area contributed by atoms with Crippen molar-refractivity contribution in [3.63, 3.8) is 0 Å². The molecule has 3 aromatic carbocycles. The van der Waals surface area contributed by atoms with Crippen LogP contribution >= 0.6 is 23.2 Å². The third kappa shape index (κ3) is 4.64. The van der Waals surface area contributed by atoms with Gasteiger partial charge in [0.2, 0.25) is 0 Å². The summed E-state index contributed by atoms with van der Waals surface area (Å²) in [5.41, 5.74) is 1.22. The Hall–Kier alpha value is -3.35. The van der Waals surface area contributed by atoms with Gasteiger partial charge in [0, 0.05) is 27.2 Å². The minimum absolute atomic E-state index is 0.0952. The van der Waals surface area contributed by atoms with E-state index in [-0.39, 0.29) is 18.2 Å². The topological polar surface area (TPSA) is 75.7 Å². The first kappa shape index (κ1) is 23.4. The number of rotatable bonds is 5. The molecule has 4 amide bonds. The molecule has 1 N–H and O–H groups in total. The van der Waals surface area contributed by atoms with E-state index in [9.17, 15) is 14.4 Å². The average Bonchev–Trinajstić information content (AvgIpc) is 3.36. The minimum atomic E-state index is -0.714. The van der Waals surface area contributed by atoms with E-state index in [0.29, 0.717) is 21.4 Å². The lowest BCUT2D eigenvalue weighted by molar-refractivity contribution is -0.131. The largest absolute Gasteiger partial charge is 0.488 e. The second kappa shape index (κ2) is 9.72. The van der Waals surface area contributed by atoms with Gasteiger partial charge in [0.05, 0.1) is 0 Å². The second-order valence-corrected chi connectivity index (χ2v) is 9.50. The molecule has 1 aliphatic heterocycles. The Bertz CT molecular complexity index is 1380. The highest BCUT2D eigenvalue weighted by molar-refractivity contribution is 6.35. The first-order valence-electron chi connectivity index (χ1n) is 11.4. The molecule has 0 radical (unpaired) electrons. The summed E-state index contributed by atoms with van der Waals surface area (Å²) in [6.45, 7) is 0.164. The molecule has 3 aromatic rings. The van der Waals surface area contributed by atoms with Gasteiger partial charge in [-0.25, -0.2) is 4.79 Å². The lowest BCUT2D eigenvalue weighted by Crippen LogP contribution is -2.57. The van der Waals surface area contributed by atoms with Gasteiger partial charge in [-0.1, -0.05) is 72.4 Å². The van der Waals surface area contributed by atoms with Crippen LogP contribution in [0, 0.1) is 0 Å². The number of fused-ring (bicyclic) bond motifs is 1. The van der Waals surface area contributed by atoms with Gasteiger partial charge in [0.1, 0.15) is 17.9 Å². The summed E-state index contributed by atoms with van der Waals surface area (Å²) in [5.74, 6) is -0.814. The van der Waals surface area contributed by atoms with Crippen LogP contribution in [-0.2, 0) is 16.2 Å². The molecule has 0 atom stereocenters. The van der Waals surface area contributed by atoms with Crippen LogP contribution in [0.3, 0.4) is 0 Å². The fourth-order valence-electron chi connectivity index (χ4n) is 4.65. The van der Waals surface area contributed by atoms with Crippen molar-refractivity contribution in [1.82, 2.24) is 10.2 Å². The molecule has 1 heterocycles.